The van der Waals surface area contributed by atoms with Gasteiger partial charge in [0.15, 0.2) is 5.16 Å². The van der Waals surface area contributed by atoms with Crippen molar-refractivity contribution in [3.63, 3.8) is 0 Å². The summed E-state index contributed by atoms with van der Waals surface area (Å²) < 4.78 is 2.27. The van der Waals surface area contributed by atoms with Crippen LogP contribution in [-0.4, -0.2) is 21.2 Å². The second-order valence-electron chi connectivity index (χ2n) is 8.13. The average Bonchev–Trinajstić information content (AvgIpc) is 3.43. The third kappa shape index (κ3) is 3.98. The maximum atomic E-state index is 13.3. The summed E-state index contributed by atoms with van der Waals surface area (Å²) in [6.45, 7) is 3.98. The van der Waals surface area contributed by atoms with Crippen LogP contribution in [0.25, 0.3) is 15.9 Å². The summed E-state index contributed by atoms with van der Waals surface area (Å²) in [5.74, 6) is 0.0597. The normalized spacial score (nSPS) is 12.8. The van der Waals surface area contributed by atoms with E-state index in [-0.39, 0.29) is 17.2 Å². The minimum Gasteiger partial charge on any atom is -0.325 e. The minimum absolute atomic E-state index is 0.0970. The van der Waals surface area contributed by atoms with E-state index in [1.807, 2.05) is 49.6 Å². The monoisotopic (exact) mass is 461 g/mol. The van der Waals surface area contributed by atoms with Crippen LogP contribution in [0, 0.1) is 13.8 Å². The molecule has 5 nitrogen and oxygen atoms in total. The number of benzene rings is 2. The Morgan fingerprint density at radius 2 is 1.97 bits per heavy atom. The van der Waals surface area contributed by atoms with E-state index < -0.39 is 0 Å². The van der Waals surface area contributed by atoms with Crippen molar-refractivity contribution in [2.24, 2.45) is 0 Å². The Hall–Kier alpha value is -2.90. The number of fused-ring (bicyclic) bond motifs is 2. The molecular formula is C25H23N3O2S2. The zero-order valence-corrected chi connectivity index (χ0v) is 19.6. The van der Waals surface area contributed by atoms with E-state index in [2.05, 4.69) is 17.4 Å². The van der Waals surface area contributed by atoms with Gasteiger partial charge in [-0.1, -0.05) is 30.0 Å². The number of anilines is 1. The molecule has 5 rings (SSSR count). The van der Waals surface area contributed by atoms with Crippen molar-refractivity contribution in [2.75, 3.05) is 11.1 Å². The third-order valence-corrected chi connectivity index (χ3v) is 7.60. The van der Waals surface area contributed by atoms with Crippen molar-refractivity contribution >= 4 is 44.9 Å². The molecule has 1 aliphatic carbocycles. The number of amides is 1. The van der Waals surface area contributed by atoms with Gasteiger partial charge in [0.2, 0.25) is 5.91 Å². The Morgan fingerprint density at radius 3 is 2.84 bits per heavy atom. The van der Waals surface area contributed by atoms with Crippen molar-refractivity contribution in [1.82, 2.24) is 9.55 Å². The molecule has 32 heavy (non-hydrogen) atoms. The Kier molecular flexibility index (Phi) is 5.61. The fraction of sp³-hybridized carbons (Fsp3) is 0.240. The predicted molar refractivity (Wildman–Crippen MR) is 133 cm³/mol. The topological polar surface area (TPSA) is 64.0 Å². The number of carbonyl (C=O) groups is 1. The standard InChI is InChI=1S/C25H23N3O2S2/c1-15-6-7-16(2)21(12-15)28-24(30)23-20(10-11-31-23)27-25(28)32-14-22(29)26-19-9-8-17-4-3-5-18(17)13-19/h6-13H,3-5,14H2,1-2H3,(H,26,29). The molecule has 0 fully saturated rings. The van der Waals surface area contributed by atoms with Crippen LogP contribution in [0.1, 0.15) is 28.7 Å². The third-order valence-electron chi connectivity index (χ3n) is 5.77. The van der Waals surface area contributed by atoms with Crippen molar-refractivity contribution < 1.29 is 4.79 Å². The Bertz CT molecular complexity index is 1400. The molecule has 162 valence electrons. The van der Waals surface area contributed by atoms with Gasteiger partial charge in [-0.2, -0.15) is 0 Å². The van der Waals surface area contributed by atoms with Crippen molar-refractivity contribution in [3.8, 4) is 5.69 Å². The molecule has 0 aliphatic heterocycles. The molecule has 0 saturated heterocycles. The first-order valence-corrected chi connectivity index (χ1v) is 12.5. The molecule has 0 radical (unpaired) electrons. The number of hydrogen-bond donors (Lipinski definition) is 1. The smallest absolute Gasteiger partial charge is 0.276 e. The number of aryl methyl sites for hydroxylation is 4. The van der Waals surface area contributed by atoms with Crippen LogP contribution in [0.5, 0.6) is 0 Å². The first-order valence-electron chi connectivity index (χ1n) is 10.6. The number of carbonyl (C=O) groups excluding carboxylic acids is 1. The van der Waals surface area contributed by atoms with Gasteiger partial charge in [0.1, 0.15) is 4.70 Å². The molecule has 2 heterocycles. The highest BCUT2D eigenvalue weighted by atomic mass is 32.2. The van der Waals surface area contributed by atoms with Gasteiger partial charge in [0.05, 0.1) is 17.0 Å². The number of nitrogens with one attached hydrogen (secondary N) is 1. The first kappa shape index (κ1) is 21.0. The van der Waals surface area contributed by atoms with Gasteiger partial charge in [0, 0.05) is 5.69 Å². The Labute approximate surface area is 194 Å². The quantitative estimate of drug-likeness (QED) is 0.324. The van der Waals surface area contributed by atoms with Crippen LogP contribution >= 0.6 is 23.1 Å². The zero-order chi connectivity index (χ0) is 22.2. The maximum Gasteiger partial charge on any atom is 0.276 e. The molecule has 2 aromatic heterocycles. The average molecular weight is 462 g/mol. The van der Waals surface area contributed by atoms with Gasteiger partial charge in [-0.25, -0.2) is 4.98 Å². The highest BCUT2D eigenvalue weighted by Gasteiger charge is 2.18. The van der Waals surface area contributed by atoms with Crippen LogP contribution in [0.15, 0.2) is 57.8 Å². The van der Waals surface area contributed by atoms with E-state index in [9.17, 15) is 9.59 Å². The van der Waals surface area contributed by atoms with Crippen LogP contribution in [-0.2, 0) is 17.6 Å². The second-order valence-corrected chi connectivity index (χ2v) is 9.99. The van der Waals surface area contributed by atoms with Crippen molar-refractivity contribution in [1.29, 1.82) is 0 Å². The molecule has 7 heteroatoms. The highest BCUT2D eigenvalue weighted by Crippen LogP contribution is 2.27. The summed E-state index contributed by atoms with van der Waals surface area (Å²) in [4.78, 5) is 30.8. The van der Waals surface area contributed by atoms with Gasteiger partial charge < -0.3 is 5.32 Å². The number of thiophene rings is 1. The van der Waals surface area contributed by atoms with Crippen molar-refractivity contribution in [2.45, 2.75) is 38.3 Å². The highest BCUT2D eigenvalue weighted by molar-refractivity contribution is 7.99. The zero-order valence-electron chi connectivity index (χ0n) is 18.0. The summed E-state index contributed by atoms with van der Waals surface area (Å²) >= 11 is 2.68. The summed E-state index contributed by atoms with van der Waals surface area (Å²) in [5, 5.41) is 5.40. The van der Waals surface area contributed by atoms with Crippen LogP contribution in [0.3, 0.4) is 0 Å². The molecule has 0 saturated carbocycles. The van der Waals surface area contributed by atoms with Crippen LogP contribution in [0.2, 0.25) is 0 Å². The lowest BCUT2D eigenvalue weighted by Crippen LogP contribution is -2.23. The van der Waals surface area contributed by atoms with E-state index in [1.165, 1.54) is 40.6 Å². The number of nitrogens with zero attached hydrogens (tertiary/aromatic N) is 2. The first-order chi connectivity index (χ1) is 15.5. The van der Waals surface area contributed by atoms with Gasteiger partial charge >= 0.3 is 0 Å². The predicted octanol–water partition coefficient (Wildman–Crippen LogP) is 5.28. The van der Waals surface area contributed by atoms with E-state index >= 15 is 0 Å². The number of rotatable bonds is 5. The largest absolute Gasteiger partial charge is 0.325 e. The lowest BCUT2D eigenvalue weighted by Gasteiger charge is -2.15. The number of aromatic nitrogens is 2. The number of hydrogen-bond acceptors (Lipinski definition) is 5. The fourth-order valence-corrected chi connectivity index (χ4v) is 5.70. The lowest BCUT2D eigenvalue weighted by atomic mass is 10.1. The molecule has 2 aromatic carbocycles. The SMILES string of the molecule is Cc1ccc(C)c(-n2c(SCC(=O)Nc3ccc4c(c3)CCC4)nc3ccsc3c2=O)c1. The molecule has 0 unspecified atom stereocenters. The number of thioether (sulfide) groups is 1. The van der Waals surface area contributed by atoms with Crippen LogP contribution < -0.4 is 10.9 Å². The molecule has 1 aliphatic rings. The van der Waals surface area contributed by atoms with Gasteiger partial charge in [-0.15, -0.1) is 11.3 Å². The molecule has 4 aromatic rings. The van der Waals surface area contributed by atoms with Gasteiger partial charge in [-0.05, 0) is 85.0 Å². The summed E-state index contributed by atoms with van der Waals surface area (Å²) in [6, 6.07) is 14.0. The summed E-state index contributed by atoms with van der Waals surface area (Å²) in [7, 11) is 0. The molecule has 0 spiro atoms. The summed E-state index contributed by atoms with van der Waals surface area (Å²) in [6.07, 6.45) is 3.36. The summed E-state index contributed by atoms with van der Waals surface area (Å²) in [5.41, 5.74) is 6.95. The molecule has 1 N–H and O–H groups in total. The van der Waals surface area contributed by atoms with Gasteiger partial charge in [-0.3, -0.25) is 14.2 Å². The van der Waals surface area contributed by atoms with E-state index in [4.69, 9.17) is 4.98 Å². The molecule has 0 bridgehead atoms. The molecule has 0 atom stereocenters. The molecule has 1 amide bonds. The maximum absolute atomic E-state index is 13.3. The minimum atomic E-state index is -0.111. The Balaban J connectivity index is 1.44. The lowest BCUT2D eigenvalue weighted by molar-refractivity contribution is -0.113. The van der Waals surface area contributed by atoms with Crippen LogP contribution in [0.4, 0.5) is 5.69 Å². The molecular weight excluding hydrogens is 438 g/mol. The van der Waals surface area contributed by atoms with E-state index in [0.29, 0.717) is 15.4 Å². The van der Waals surface area contributed by atoms with Crippen molar-refractivity contribution in [3.05, 3.63) is 80.5 Å². The fourth-order valence-electron chi connectivity index (χ4n) is 4.14. The second kappa shape index (κ2) is 8.56. The van der Waals surface area contributed by atoms with Gasteiger partial charge in [0.25, 0.3) is 5.56 Å². The Morgan fingerprint density at radius 1 is 1.12 bits per heavy atom. The van der Waals surface area contributed by atoms with E-state index in [1.54, 1.807) is 4.57 Å². The van der Waals surface area contributed by atoms with E-state index in [0.717, 1.165) is 35.3 Å².